The Bertz CT molecular complexity index is 1560. The molecule has 0 radical (unpaired) electrons. The number of hydrogen-bond donors (Lipinski definition) is 0. The highest BCUT2D eigenvalue weighted by Crippen LogP contribution is 2.59. The molecular formula is C34H27NO2. The second-order valence-corrected chi connectivity index (χ2v) is 10.6. The van der Waals surface area contributed by atoms with Crippen LogP contribution in [0.1, 0.15) is 22.3 Å². The molecule has 2 bridgehead atoms. The molecule has 3 heteroatoms. The van der Waals surface area contributed by atoms with Gasteiger partial charge in [0.15, 0.2) is 0 Å². The first-order chi connectivity index (χ1) is 18.0. The van der Waals surface area contributed by atoms with Gasteiger partial charge in [-0.25, -0.2) is 4.90 Å². The van der Waals surface area contributed by atoms with Gasteiger partial charge in [-0.1, -0.05) is 108 Å². The molecule has 2 aliphatic carbocycles. The van der Waals surface area contributed by atoms with E-state index >= 15 is 0 Å². The van der Waals surface area contributed by atoms with Gasteiger partial charge in [-0.2, -0.15) is 0 Å². The monoisotopic (exact) mass is 481 g/mol. The summed E-state index contributed by atoms with van der Waals surface area (Å²) in [5, 5.41) is 1.96. The Morgan fingerprint density at radius 2 is 1.14 bits per heavy atom. The lowest BCUT2D eigenvalue weighted by Crippen LogP contribution is -2.33. The molecule has 2 amide bonds. The summed E-state index contributed by atoms with van der Waals surface area (Å²) >= 11 is 0. The van der Waals surface area contributed by atoms with Crippen LogP contribution in [0.5, 0.6) is 0 Å². The van der Waals surface area contributed by atoms with Crippen molar-refractivity contribution in [3.05, 3.63) is 131 Å². The molecule has 3 aliphatic rings. The minimum absolute atomic E-state index is 0.0761. The number of carbonyl (C=O) groups excluding carboxylic acids is 2. The molecule has 7 rings (SSSR count). The Balaban J connectivity index is 1.37. The molecule has 180 valence electrons. The standard InChI is InChI=1S/C34H27NO2/c1-20-10-14-23(15-11-20)29(24-16-12-21(2)13-17-24)30-26-18-19-27(30)32-31(26)33(36)35(34(32)37)28-9-5-7-22-6-3-4-8-25(22)28/h3-19,26-27,31-32H,1-2H3/t26-,27-,31-,32-/m1/s1. The van der Waals surface area contributed by atoms with Crippen molar-refractivity contribution < 1.29 is 9.59 Å². The molecule has 1 aliphatic heterocycles. The van der Waals surface area contributed by atoms with Crippen molar-refractivity contribution in [3.63, 3.8) is 0 Å². The Hall–Kier alpha value is -4.24. The fourth-order valence-electron chi connectivity index (χ4n) is 6.68. The first-order valence-electron chi connectivity index (χ1n) is 12.9. The van der Waals surface area contributed by atoms with Crippen LogP contribution in [0.4, 0.5) is 5.69 Å². The maximum atomic E-state index is 14.0. The van der Waals surface area contributed by atoms with Crippen molar-refractivity contribution in [1.82, 2.24) is 0 Å². The van der Waals surface area contributed by atoms with Crippen LogP contribution in [-0.2, 0) is 9.59 Å². The molecule has 2 fully saturated rings. The maximum Gasteiger partial charge on any atom is 0.238 e. The van der Waals surface area contributed by atoms with Gasteiger partial charge in [-0.05, 0) is 47.6 Å². The third-order valence-electron chi connectivity index (χ3n) is 8.39. The van der Waals surface area contributed by atoms with Gasteiger partial charge in [-0.3, -0.25) is 9.59 Å². The lowest BCUT2D eigenvalue weighted by atomic mass is 9.85. The molecular weight excluding hydrogens is 454 g/mol. The van der Waals surface area contributed by atoms with Gasteiger partial charge >= 0.3 is 0 Å². The van der Waals surface area contributed by atoms with Gasteiger partial charge in [-0.15, -0.1) is 0 Å². The van der Waals surface area contributed by atoms with Gasteiger partial charge in [0.1, 0.15) is 0 Å². The third kappa shape index (κ3) is 3.20. The van der Waals surface area contributed by atoms with Crippen molar-refractivity contribution >= 4 is 33.8 Å². The van der Waals surface area contributed by atoms with E-state index in [-0.39, 0.29) is 35.5 Å². The number of allylic oxidation sites excluding steroid dienone is 3. The molecule has 4 atom stereocenters. The normalized spacial score (nSPS) is 23.8. The fraction of sp³-hybridized carbons (Fsp3) is 0.176. The molecule has 4 aromatic carbocycles. The van der Waals surface area contributed by atoms with E-state index in [0.717, 1.165) is 27.5 Å². The number of nitrogens with zero attached hydrogens (tertiary/aromatic N) is 1. The topological polar surface area (TPSA) is 37.4 Å². The Labute approximate surface area is 216 Å². The largest absolute Gasteiger partial charge is 0.274 e. The zero-order valence-electron chi connectivity index (χ0n) is 20.9. The van der Waals surface area contributed by atoms with Crippen molar-refractivity contribution in [1.29, 1.82) is 0 Å². The summed E-state index contributed by atoms with van der Waals surface area (Å²) in [7, 11) is 0. The molecule has 37 heavy (non-hydrogen) atoms. The van der Waals surface area contributed by atoms with Crippen LogP contribution in [0.25, 0.3) is 16.3 Å². The summed E-state index contributed by atoms with van der Waals surface area (Å²) in [6.07, 6.45) is 4.34. The fourth-order valence-corrected chi connectivity index (χ4v) is 6.68. The van der Waals surface area contributed by atoms with E-state index < -0.39 is 0 Å². The van der Waals surface area contributed by atoms with E-state index in [1.165, 1.54) is 21.6 Å². The molecule has 1 saturated carbocycles. The lowest BCUT2D eigenvalue weighted by molar-refractivity contribution is -0.122. The van der Waals surface area contributed by atoms with Crippen molar-refractivity contribution in [2.45, 2.75) is 13.8 Å². The highest BCUT2D eigenvalue weighted by Gasteiger charge is 2.62. The minimum atomic E-state index is -0.359. The number of imide groups is 1. The molecule has 0 N–H and O–H groups in total. The second kappa shape index (κ2) is 8.14. The SMILES string of the molecule is Cc1ccc(C(=C2[C@H]3C=C[C@H]2[C@H]2C(=O)N(c4cccc5ccccc45)C(=O)[C@@H]23)c2ccc(C)cc2)cc1. The molecule has 0 spiro atoms. The zero-order valence-corrected chi connectivity index (χ0v) is 20.9. The molecule has 3 nitrogen and oxygen atoms in total. The number of benzene rings is 4. The van der Waals surface area contributed by atoms with Crippen molar-refractivity contribution in [3.8, 4) is 0 Å². The smallest absolute Gasteiger partial charge is 0.238 e. The van der Waals surface area contributed by atoms with Crippen LogP contribution in [0.15, 0.2) is 109 Å². The lowest BCUT2D eigenvalue weighted by Gasteiger charge is -2.22. The first-order valence-corrected chi connectivity index (χ1v) is 12.9. The minimum Gasteiger partial charge on any atom is -0.274 e. The van der Waals surface area contributed by atoms with Gasteiger partial charge < -0.3 is 0 Å². The number of rotatable bonds is 3. The number of hydrogen-bond acceptors (Lipinski definition) is 2. The third-order valence-corrected chi connectivity index (χ3v) is 8.39. The molecule has 0 aromatic heterocycles. The van der Waals surface area contributed by atoms with E-state index in [1.54, 1.807) is 0 Å². The van der Waals surface area contributed by atoms with E-state index in [9.17, 15) is 9.59 Å². The van der Waals surface area contributed by atoms with Gasteiger partial charge in [0.25, 0.3) is 0 Å². The summed E-state index contributed by atoms with van der Waals surface area (Å²) in [4.78, 5) is 29.5. The van der Waals surface area contributed by atoms with Crippen LogP contribution < -0.4 is 4.90 Å². The maximum absolute atomic E-state index is 14.0. The average molecular weight is 482 g/mol. The predicted molar refractivity (Wildman–Crippen MR) is 148 cm³/mol. The number of fused-ring (bicyclic) bond motifs is 6. The summed E-state index contributed by atoms with van der Waals surface area (Å²) in [5.74, 6) is -1.03. The highest BCUT2D eigenvalue weighted by molar-refractivity contribution is 6.26. The van der Waals surface area contributed by atoms with Gasteiger partial charge in [0, 0.05) is 17.2 Å². The van der Waals surface area contributed by atoms with Gasteiger partial charge in [0.2, 0.25) is 11.8 Å². The zero-order chi connectivity index (χ0) is 25.3. The number of amides is 2. The number of aryl methyl sites for hydroxylation is 2. The molecule has 1 heterocycles. The second-order valence-electron chi connectivity index (χ2n) is 10.6. The van der Waals surface area contributed by atoms with E-state index in [2.05, 4.69) is 74.5 Å². The van der Waals surface area contributed by atoms with E-state index in [0.29, 0.717) is 5.69 Å². The Morgan fingerprint density at radius 1 is 0.622 bits per heavy atom. The van der Waals surface area contributed by atoms with Crippen LogP contribution in [0, 0.1) is 37.5 Å². The summed E-state index contributed by atoms with van der Waals surface area (Å²) in [5.41, 5.74) is 7.75. The quantitative estimate of drug-likeness (QED) is 0.236. The van der Waals surface area contributed by atoms with Crippen molar-refractivity contribution in [2.24, 2.45) is 23.7 Å². The first kappa shape index (κ1) is 22.0. The Morgan fingerprint density at radius 3 is 1.70 bits per heavy atom. The average Bonchev–Trinajstić information content (AvgIpc) is 3.55. The summed E-state index contributed by atoms with van der Waals surface area (Å²) < 4.78 is 0. The Kier molecular flexibility index (Phi) is 4.84. The van der Waals surface area contributed by atoms with E-state index in [4.69, 9.17) is 0 Å². The highest BCUT2D eigenvalue weighted by atomic mass is 16.2. The molecule has 1 saturated heterocycles. The number of carbonyl (C=O) groups is 2. The number of anilines is 1. The van der Waals surface area contributed by atoms with Crippen LogP contribution in [0.3, 0.4) is 0 Å². The summed E-state index contributed by atoms with van der Waals surface area (Å²) in [6.45, 7) is 4.18. The van der Waals surface area contributed by atoms with Crippen LogP contribution in [0.2, 0.25) is 0 Å². The van der Waals surface area contributed by atoms with Gasteiger partial charge in [0.05, 0.1) is 17.5 Å². The van der Waals surface area contributed by atoms with E-state index in [1.807, 2.05) is 42.5 Å². The molecule has 0 unspecified atom stereocenters. The molecule has 4 aromatic rings. The van der Waals surface area contributed by atoms with Crippen LogP contribution in [-0.4, -0.2) is 11.8 Å². The summed E-state index contributed by atoms with van der Waals surface area (Å²) in [6, 6.07) is 31.0. The predicted octanol–water partition coefficient (Wildman–Crippen LogP) is 6.88. The van der Waals surface area contributed by atoms with Crippen LogP contribution >= 0.6 is 0 Å². The van der Waals surface area contributed by atoms with Crippen molar-refractivity contribution in [2.75, 3.05) is 4.90 Å².